The zero-order valence-corrected chi connectivity index (χ0v) is 13.9. The number of carbonyl (C=O) groups is 1. The third-order valence-electron chi connectivity index (χ3n) is 3.17. The van der Waals surface area contributed by atoms with Crippen LogP contribution in [0.2, 0.25) is 0 Å². The van der Waals surface area contributed by atoms with Gasteiger partial charge in [0, 0.05) is 17.6 Å². The molecule has 5 nitrogen and oxygen atoms in total. The smallest absolute Gasteiger partial charge is 0.255 e. The van der Waals surface area contributed by atoms with E-state index in [0.29, 0.717) is 12.3 Å². The van der Waals surface area contributed by atoms with Crippen molar-refractivity contribution < 1.29 is 9.53 Å². The molecule has 1 aromatic carbocycles. The number of amides is 1. The first-order valence-corrected chi connectivity index (χ1v) is 7.92. The number of benzene rings is 1. The maximum absolute atomic E-state index is 10.8. The van der Waals surface area contributed by atoms with Crippen molar-refractivity contribution in [3.8, 4) is 5.75 Å². The molecule has 0 atom stereocenters. The van der Waals surface area contributed by atoms with Crippen LogP contribution in [0.3, 0.4) is 0 Å². The summed E-state index contributed by atoms with van der Waals surface area (Å²) in [4.78, 5) is 15.3. The van der Waals surface area contributed by atoms with E-state index in [1.54, 1.807) is 11.3 Å². The lowest BCUT2D eigenvalue weighted by Crippen LogP contribution is -2.35. The molecule has 0 aliphatic carbocycles. The lowest BCUT2D eigenvalue weighted by atomic mass is 10.1. The molecule has 1 amide bonds. The molecule has 0 saturated carbocycles. The summed E-state index contributed by atoms with van der Waals surface area (Å²) in [6, 6.07) is 7.61. The van der Waals surface area contributed by atoms with E-state index in [2.05, 4.69) is 29.5 Å². The van der Waals surface area contributed by atoms with Crippen LogP contribution in [0.25, 0.3) is 0 Å². The van der Waals surface area contributed by atoms with Crippen LogP contribution in [-0.2, 0) is 16.9 Å². The van der Waals surface area contributed by atoms with Crippen LogP contribution in [0.1, 0.15) is 30.1 Å². The van der Waals surface area contributed by atoms with Gasteiger partial charge in [-0.2, -0.15) is 0 Å². The minimum absolute atomic E-state index is 0.110. The van der Waals surface area contributed by atoms with Crippen LogP contribution in [-0.4, -0.2) is 17.5 Å². The highest BCUT2D eigenvalue weighted by Gasteiger charge is 2.23. The Bertz CT molecular complexity index is 652. The monoisotopic (exact) mass is 319 g/mol. The second-order valence-electron chi connectivity index (χ2n) is 5.67. The largest absolute Gasteiger partial charge is 0.484 e. The average molecular weight is 319 g/mol. The van der Waals surface area contributed by atoms with Crippen molar-refractivity contribution in [2.75, 3.05) is 6.61 Å². The van der Waals surface area contributed by atoms with Crippen LogP contribution < -0.4 is 15.8 Å². The maximum Gasteiger partial charge on any atom is 0.255 e. The van der Waals surface area contributed by atoms with Gasteiger partial charge in [0.05, 0.1) is 5.54 Å². The van der Waals surface area contributed by atoms with Crippen LogP contribution in [0.15, 0.2) is 29.6 Å². The summed E-state index contributed by atoms with van der Waals surface area (Å²) in [6.07, 6.45) is 0. The van der Waals surface area contributed by atoms with Gasteiger partial charge in [-0.3, -0.25) is 4.79 Å². The van der Waals surface area contributed by atoms with Gasteiger partial charge in [0.2, 0.25) is 0 Å². The van der Waals surface area contributed by atoms with E-state index >= 15 is 0 Å². The zero-order valence-electron chi connectivity index (χ0n) is 13.1. The highest BCUT2D eigenvalue weighted by Crippen LogP contribution is 2.24. The van der Waals surface area contributed by atoms with Crippen molar-refractivity contribution in [3.63, 3.8) is 0 Å². The van der Waals surface area contributed by atoms with Gasteiger partial charge in [0.1, 0.15) is 10.8 Å². The number of ether oxygens (including phenoxy) is 1. The molecule has 0 saturated heterocycles. The van der Waals surface area contributed by atoms with Crippen molar-refractivity contribution in [1.82, 2.24) is 10.3 Å². The Balaban J connectivity index is 1.99. The van der Waals surface area contributed by atoms with Gasteiger partial charge in [-0.15, -0.1) is 11.3 Å². The number of nitrogens with one attached hydrogen (secondary N) is 1. The number of hydrogen-bond donors (Lipinski definition) is 2. The maximum atomic E-state index is 10.8. The highest BCUT2D eigenvalue weighted by atomic mass is 32.1. The van der Waals surface area contributed by atoms with Crippen LogP contribution >= 0.6 is 11.3 Å². The van der Waals surface area contributed by atoms with Crippen molar-refractivity contribution in [1.29, 1.82) is 0 Å². The molecule has 6 heteroatoms. The average Bonchev–Trinajstić information content (AvgIpc) is 2.91. The van der Waals surface area contributed by atoms with Crippen LogP contribution in [0.4, 0.5) is 0 Å². The van der Waals surface area contributed by atoms with E-state index in [0.717, 1.165) is 16.3 Å². The predicted molar refractivity (Wildman–Crippen MR) is 87.8 cm³/mol. The number of aromatic nitrogens is 1. The number of nitrogens with zero attached hydrogens (tertiary/aromatic N) is 1. The van der Waals surface area contributed by atoms with E-state index in [9.17, 15) is 4.79 Å². The number of thiazole rings is 1. The number of nitrogens with two attached hydrogens (primary N) is 1. The van der Waals surface area contributed by atoms with Gasteiger partial charge in [-0.1, -0.05) is 12.1 Å². The SMILES string of the molecule is Cc1csc(C(C)(C)NCc2cccc(OCC(N)=O)c2)n1. The summed E-state index contributed by atoms with van der Waals surface area (Å²) >= 11 is 1.66. The van der Waals surface area contributed by atoms with E-state index in [1.807, 2.05) is 31.2 Å². The van der Waals surface area contributed by atoms with Gasteiger partial charge in [-0.25, -0.2) is 4.98 Å². The molecule has 1 aromatic heterocycles. The summed E-state index contributed by atoms with van der Waals surface area (Å²) in [6.45, 7) is 6.78. The van der Waals surface area contributed by atoms with E-state index in [1.165, 1.54) is 0 Å². The summed E-state index contributed by atoms with van der Waals surface area (Å²) in [5.41, 5.74) is 6.98. The van der Waals surface area contributed by atoms with Gasteiger partial charge in [0.25, 0.3) is 5.91 Å². The molecular formula is C16H21N3O2S. The second-order valence-corrected chi connectivity index (χ2v) is 6.53. The zero-order chi connectivity index (χ0) is 16.2. The number of rotatable bonds is 7. The molecule has 0 fully saturated rings. The lowest BCUT2D eigenvalue weighted by molar-refractivity contribution is -0.119. The third-order valence-corrected chi connectivity index (χ3v) is 4.45. The molecule has 0 bridgehead atoms. The molecule has 2 aromatic rings. The predicted octanol–water partition coefficient (Wildman–Crippen LogP) is 2.34. The Morgan fingerprint density at radius 1 is 1.45 bits per heavy atom. The lowest BCUT2D eigenvalue weighted by Gasteiger charge is -2.24. The fourth-order valence-electron chi connectivity index (χ4n) is 1.94. The molecule has 2 rings (SSSR count). The minimum Gasteiger partial charge on any atom is -0.484 e. The molecule has 0 spiro atoms. The Kier molecular flexibility index (Phi) is 5.15. The molecule has 0 unspecified atom stereocenters. The number of primary amides is 1. The van der Waals surface area contributed by atoms with Crippen molar-refractivity contribution >= 4 is 17.2 Å². The number of hydrogen-bond acceptors (Lipinski definition) is 5. The fraction of sp³-hybridized carbons (Fsp3) is 0.375. The summed E-state index contributed by atoms with van der Waals surface area (Å²) < 4.78 is 5.32. The van der Waals surface area contributed by atoms with E-state index in [-0.39, 0.29) is 12.1 Å². The molecule has 118 valence electrons. The summed E-state index contributed by atoms with van der Waals surface area (Å²) in [7, 11) is 0. The third kappa shape index (κ3) is 4.54. The summed E-state index contributed by atoms with van der Waals surface area (Å²) in [5.74, 6) is 0.157. The molecule has 22 heavy (non-hydrogen) atoms. The standard InChI is InChI=1S/C16H21N3O2S/c1-11-10-22-15(19-11)16(2,3)18-8-12-5-4-6-13(7-12)21-9-14(17)20/h4-7,10,18H,8-9H2,1-3H3,(H2,17,20). The van der Waals surface area contributed by atoms with Gasteiger partial charge >= 0.3 is 0 Å². The fourth-order valence-corrected chi connectivity index (χ4v) is 2.84. The molecule has 1 heterocycles. The molecule has 0 aliphatic heterocycles. The molecule has 0 aliphatic rings. The number of aryl methyl sites for hydroxylation is 1. The minimum atomic E-state index is -0.483. The second kappa shape index (κ2) is 6.89. The summed E-state index contributed by atoms with van der Waals surface area (Å²) in [5, 5.41) is 6.61. The van der Waals surface area contributed by atoms with Crippen LogP contribution in [0, 0.1) is 6.92 Å². The van der Waals surface area contributed by atoms with E-state index < -0.39 is 5.91 Å². The Labute approximate surface area is 134 Å². The van der Waals surface area contributed by atoms with Gasteiger partial charge in [-0.05, 0) is 38.5 Å². The number of carbonyl (C=O) groups excluding carboxylic acids is 1. The van der Waals surface area contributed by atoms with Crippen molar-refractivity contribution in [2.45, 2.75) is 32.9 Å². The Morgan fingerprint density at radius 3 is 2.86 bits per heavy atom. The van der Waals surface area contributed by atoms with Gasteiger partial charge < -0.3 is 15.8 Å². The first kappa shape index (κ1) is 16.5. The highest BCUT2D eigenvalue weighted by molar-refractivity contribution is 7.09. The first-order chi connectivity index (χ1) is 10.4. The van der Waals surface area contributed by atoms with Gasteiger partial charge in [0.15, 0.2) is 6.61 Å². The quantitative estimate of drug-likeness (QED) is 0.821. The first-order valence-electron chi connectivity index (χ1n) is 7.04. The molecule has 3 N–H and O–H groups in total. The van der Waals surface area contributed by atoms with Crippen molar-refractivity contribution in [3.05, 3.63) is 45.9 Å². The van der Waals surface area contributed by atoms with E-state index in [4.69, 9.17) is 10.5 Å². The van der Waals surface area contributed by atoms with Crippen molar-refractivity contribution in [2.24, 2.45) is 5.73 Å². The van der Waals surface area contributed by atoms with Crippen LogP contribution in [0.5, 0.6) is 5.75 Å². The molecule has 0 radical (unpaired) electrons. The molecular weight excluding hydrogens is 298 g/mol. The Hall–Kier alpha value is -1.92. The topological polar surface area (TPSA) is 77.2 Å². The Morgan fingerprint density at radius 2 is 2.23 bits per heavy atom. The normalized spacial score (nSPS) is 11.4.